The molecule has 0 aromatic carbocycles. The Hall–Kier alpha value is -0.720. The smallest absolute Gasteiger partial charge is 0.208 e. The predicted octanol–water partition coefficient (Wildman–Crippen LogP) is 1.39. The molecule has 110 valence electrons. The van der Waals surface area contributed by atoms with E-state index in [1.165, 1.54) is 25.9 Å². The van der Waals surface area contributed by atoms with E-state index < -0.39 is 0 Å². The Kier molecular flexibility index (Phi) is 3.40. The van der Waals surface area contributed by atoms with E-state index in [9.17, 15) is 0 Å². The average molecular weight is 294 g/mol. The van der Waals surface area contributed by atoms with E-state index in [2.05, 4.69) is 20.0 Å². The molecule has 0 amide bonds. The summed E-state index contributed by atoms with van der Waals surface area (Å²) in [5.41, 5.74) is 0. The minimum Gasteiger partial charge on any atom is -0.375 e. The van der Waals surface area contributed by atoms with Gasteiger partial charge in [0.25, 0.3) is 0 Å². The lowest BCUT2D eigenvalue weighted by molar-refractivity contribution is 0.0579. The topological polar surface area (TPSA) is 41.5 Å². The zero-order valence-electron chi connectivity index (χ0n) is 12.0. The molecule has 0 bridgehead atoms. The Labute approximate surface area is 123 Å². The first-order valence-electron chi connectivity index (χ1n) is 7.67. The van der Waals surface area contributed by atoms with Gasteiger partial charge in [-0.05, 0) is 25.7 Å². The number of hydrogen-bond acceptors (Lipinski definition) is 6. The van der Waals surface area contributed by atoms with Gasteiger partial charge >= 0.3 is 0 Å². The van der Waals surface area contributed by atoms with Gasteiger partial charge in [0.05, 0.1) is 12.7 Å². The first kappa shape index (κ1) is 13.0. The van der Waals surface area contributed by atoms with Crippen LogP contribution in [0.3, 0.4) is 0 Å². The third kappa shape index (κ3) is 2.69. The minimum absolute atomic E-state index is 0.378. The van der Waals surface area contributed by atoms with Gasteiger partial charge in [0.1, 0.15) is 5.01 Å². The number of hydrogen-bond donors (Lipinski definition) is 0. The van der Waals surface area contributed by atoms with Crippen LogP contribution in [-0.2, 0) is 4.74 Å². The normalized spacial score (nSPS) is 31.4. The second-order valence-corrected chi connectivity index (χ2v) is 7.54. The summed E-state index contributed by atoms with van der Waals surface area (Å²) in [4.78, 5) is 4.98. The van der Waals surface area contributed by atoms with Crippen molar-refractivity contribution in [3.8, 4) is 0 Å². The number of aromatic nitrogens is 2. The van der Waals surface area contributed by atoms with Crippen molar-refractivity contribution in [3.63, 3.8) is 0 Å². The van der Waals surface area contributed by atoms with Gasteiger partial charge in [0, 0.05) is 38.6 Å². The Morgan fingerprint density at radius 2 is 2.15 bits per heavy atom. The molecule has 5 nitrogen and oxygen atoms in total. The van der Waals surface area contributed by atoms with Crippen LogP contribution in [0.15, 0.2) is 0 Å². The summed E-state index contributed by atoms with van der Waals surface area (Å²) in [5, 5.41) is 10.5. The van der Waals surface area contributed by atoms with E-state index in [-0.39, 0.29) is 0 Å². The standard InChI is InChI=1S/C14H22N4OS/c1-10-15-16-14(20-10)18-8-12-7-17(6-11-2-3-11)4-5-19-13(12)9-18/h11-13H,2-9H2,1H3/t12-,13+/m1/s1. The molecule has 0 unspecified atom stereocenters. The van der Waals surface area contributed by atoms with Gasteiger partial charge in [0.2, 0.25) is 5.13 Å². The summed E-state index contributed by atoms with van der Waals surface area (Å²) in [6, 6.07) is 0. The van der Waals surface area contributed by atoms with Crippen LogP contribution < -0.4 is 4.90 Å². The van der Waals surface area contributed by atoms with Gasteiger partial charge in [-0.3, -0.25) is 0 Å². The van der Waals surface area contributed by atoms with Crippen molar-refractivity contribution in [1.82, 2.24) is 15.1 Å². The maximum absolute atomic E-state index is 6.09. The van der Waals surface area contributed by atoms with Crippen molar-refractivity contribution < 1.29 is 4.74 Å². The molecular weight excluding hydrogens is 272 g/mol. The van der Waals surface area contributed by atoms with Gasteiger partial charge in [-0.15, -0.1) is 10.2 Å². The molecule has 6 heteroatoms. The summed E-state index contributed by atoms with van der Waals surface area (Å²) < 4.78 is 6.09. The molecule has 3 fully saturated rings. The highest BCUT2D eigenvalue weighted by molar-refractivity contribution is 7.15. The molecule has 1 saturated carbocycles. The SMILES string of the molecule is Cc1nnc(N2C[C@H]3CN(CC4CC4)CCO[C@H]3C2)s1. The zero-order valence-corrected chi connectivity index (χ0v) is 12.8. The van der Waals surface area contributed by atoms with Gasteiger partial charge in [0.15, 0.2) is 0 Å². The fourth-order valence-electron chi connectivity index (χ4n) is 3.36. The molecule has 2 atom stereocenters. The van der Waals surface area contributed by atoms with Gasteiger partial charge in [-0.25, -0.2) is 0 Å². The Morgan fingerprint density at radius 1 is 1.25 bits per heavy atom. The van der Waals surface area contributed by atoms with Crippen LogP contribution in [0.1, 0.15) is 17.8 Å². The van der Waals surface area contributed by atoms with Crippen LogP contribution >= 0.6 is 11.3 Å². The molecule has 3 heterocycles. The van der Waals surface area contributed by atoms with Gasteiger partial charge < -0.3 is 14.5 Å². The number of rotatable bonds is 3. The molecular formula is C14H22N4OS. The number of ether oxygens (including phenoxy) is 1. The molecule has 0 spiro atoms. The Bertz CT molecular complexity index is 475. The van der Waals surface area contributed by atoms with Crippen LogP contribution in [-0.4, -0.2) is 60.5 Å². The molecule has 1 aromatic heterocycles. The quantitative estimate of drug-likeness (QED) is 0.843. The van der Waals surface area contributed by atoms with Gasteiger partial charge in [-0.2, -0.15) is 0 Å². The molecule has 3 aliphatic rings. The van der Waals surface area contributed by atoms with Crippen LogP contribution in [0.2, 0.25) is 0 Å². The predicted molar refractivity (Wildman–Crippen MR) is 79.3 cm³/mol. The molecule has 20 heavy (non-hydrogen) atoms. The van der Waals surface area contributed by atoms with Crippen molar-refractivity contribution in [2.24, 2.45) is 11.8 Å². The monoisotopic (exact) mass is 294 g/mol. The van der Waals surface area contributed by atoms with Crippen LogP contribution in [0.5, 0.6) is 0 Å². The third-order valence-electron chi connectivity index (χ3n) is 4.61. The van der Waals surface area contributed by atoms with Crippen LogP contribution in [0.4, 0.5) is 5.13 Å². The second-order valence-electron chi connectivity index (χ2n) is 6.38. The maximum Gasteiger partial charge on any atom is 0.208 e. The summed E-state index contributed by atoms with van der Waals surface area (Å²) in [6.45, 7) is 8.54. The van der Waals surface area contributed by atoms with Crippen molar-refractivity contribution in [1.29, 1.82) is 0 Å². The van der Waals surface area contributed by atoms with Crippen molar-refractivity contribution >= 4 is 16.5 Å². The van der Waals surface area contributed by atoms with Crippen molar-refractivity contribution in [3.05, 3.63) is 5.01 Å². The largest absolute Gasteiger partial charge is 0.375 e. The lowest BCUT2D eigenvalue weighted by Gasteiger charge is -2.22. The molecule has 0 radical (unpaired) electrons. The maximum atomic E-state index is 6.09. The lowest BCUT2D eigenvalue weighted by atomic mass is 10.1. The average Bonchev–Trinajstić information content (AvgIpc) is 3.05. The molecule has 2 aliphatic heterocycles. The van der Waals surface area contributed by atoms with E-state index in [4.69, 9.17) is 4.74 Å². The van der Waals surface area contributed by atoms with E-state index >= 15 is 0 Å². The van der Waals surface area contributed by atoms with Gasteiger partial charge in [-0.1, -0.05) is 11.3 Å². The van der Waals surface area contributed by atoms with Crippen LogP contribution in [0, 0.1) is 18.8 Å². The number of aryl methyl sites for hydroxylation is 1. The molecule has 4 rings (SSSR count). The van der Waals surface area contributed by atoms with E-state index in [0.29, 0.717) is 12.0 Å². The van der Waals surface area contributed by atoms with E-state index in [1.54, 1.807) is 11.3 Å². The fourth-order valence-corrected chi connectivity index (χ4v) is 4.07. The Balaban J connectivity index is 1.42. The highest BCUT2D eigenvalue weighted by Crippen LogP contribution is 2.33. The second kappa shape index (κ2) is 5.24. The first-order valence-corrected chi connectivity index (χ1v) is 8.48. The number of nitrogens with zero attached hydrogens (tertiary/aromatic N) is 4. The summed E-state index contributed by atoms with van der Waals surface area (Å²) in [6.07, 6.45) is 3.24. The molecule has 2 saturated heterocycles. The summed E-state index contributed by atoms with van der Waals surface area (Å²) in [5.74, 6) is 1.59. The lowest BCUT2D eigenvalue weighted by Crippen LogP contribution is -2.34. The molecule has 1 aromatic rings. The minimum atomic E-state index is 0.378. The molecule has 0 N–H and O–H groups in total. The fraction of sp³-hybridized carbons (Fsp3) is 0.857. The van der Waals surface area contributed by atoms with Crippen molar-refractivity contribution in [2.45, 2.75) is 25.9 Å². The molecule has 1 aliphatic carbocycles. The van der Waals surface area contributed by atoms with E-state index in [0.717, 1.165) is 42.3 Å². The van der Waals surface area contributed by atoms with E-state index in [1.807, 2.05) is 6.92 Å². The summed E-state index contributed by atoms with van der Waals surface area (Å²) >= 11 is 1.69. The summed E-state index contributed by atoms with van der Waals surface area (Å²) in [7, 11) is 0. The zero-order chi connectivity index (χ0) is 13.5. The highest BCUT2D eigenvalue weighted by atomic mass is 32.1. The number of anilines is 1. The Morgan fingerprint density at radius 3 is 2.90 bits per heavy atom. The number of fused-ring (bicyclic) bond motifs is 1. The highest BCUT2D eigenvalue weighted by Gasteiger charge is 2.38. The first-order chi connectivity index (χ1) is 9.78. The van der Waals surface area contributed by atoms with Crippen molar-refractivity contribution in [2.75, 3.05) is 44.2 Å². The third-order valence-corrected chi connectivity index (χ3v) is 5.51. The van der Waals surface area contributed by atoms with Crippen LogP contribution in [0.25, 0.3) is 0 Å².